The third-order valence-electron chi connectivity index (χ3n) is 5.32. The molecule has 34 heavy (non-hydrogen) atoms. The molecular weight excluding hydrogens is 502 g/mol. The number of amidine groups is 1. The number of ether oxygens (including phenoxy) is 1. The summed E-state index contributed by atoms with van der Waals surface area (Å²) in [7, 11) is 0. The van der Waals surface area contributed by atoms with Crippen LogP contribution in [0, 0.1) is 5.82 Å². The summed E-state index contributed by atoms with van der Waals surface area (Å²) in [6.07, 6.45) is 0.0235. The number of aliphatic imine (C=N–C) groups is 1. The zero-order chi connectivity index (χ0) is 23.2. The van der Waals surface area contributed by atoms with Gasteiger partial charge in [-0.15, -0.1) is 12.4 Å². The van der Waals surface area contributed by atoms with Gasteiger partial charge >= 0.3 is 0 Å². The summed E-state index contributed by atoms with van der Waals surface area (Å²) in [5, 5.41) is 2.68. The van der Waals surface area contributed by atoms with E-state index in [0.717, 1.165) is 13.1 Å². The number of amides is 2. The first-order chi connectivity index (χ1) is 16.0. The van der Waals surface area contributed by atoms with Crippen LogP contribution in [0.3, 0.4) is 0 Å². The lowest BCUT2D eigenvalue weighted by Gasteiger charge is -2.28. The Bertz CT molecular complexity index is 1040. The number of hydrogen-bond acceptors (Lipinski definition) is 6. The molecule has 0 saturated carbocycles. The maximum atomic E-state index is 13.6. The standard InChI is InChI=1S/C23H24ClFN4O3S.ClH/c24-18-14-17(6-7-19(18)25)27-23-29(9-8-28-10-12-32-13-11-28)22(31)20(33-23)15-21(30)26-16-4-2-1-3-5-16;/h1-7,14,20H,8-13,15H2,(H,26,30);1H. The van der Waals surface area contributed by atoms with E-state index in [2.05, 4.69) is 15.2 Å². The third-order valence-corrected chi connectivity index (χ3v) is 6.78. The van der Waals surface area contributed by atoms with Gasteiger partial charge in [0.25, 0.3) is 0 Å². The van der Waals surface area contributed by atoms with Gasteiger partial charge in [0, 0.05) is 38.3 Å². The highest BCUT2D eigenvalue weighted by molar-refractivity contribution is 8.15. The highest BCUT2D eigenvalue weighted by atomic mass is 35.5. The molecule has 2 amide bonds. The molecule has 1 atom stereocenters. The van der Waals surface area contributed by atoms with Gasteiger partial charge in [0.2, 0.25) is 11.8 Å². The number of hydrogen-bond donors (Lipinski definition) is 1. The lowest BCUT2D eigenvalue weighted by Crippen LogP contribution is -2.43. The van der Waals surface area contributed by atoms with Crippen LogP contribution in [-0.4, -0.2) is 71.4 Å². The maximum absolute atomic E-state index is 13.6. The van der Waals surface area contributed by atoms with E-state index in [1.54, 1.807) is 17.0 Å². The fourth-order valence-electron chi connectivity index (χ4n) is 3.56. The number of halogens is 3. The second kappa shape index (κ2) is 12.5. The molecule has 2 aliphatic rings. The molecule has 2 aromatic carbocycles. The van der Waals surface area contributed by atoms with Crippen LogP contribution in [-0.2, 0) is 14.3 Å². The molecule has 4 rings (SSSR count). The molecule has 0 bridgehead atoms. The summed E-state index contributed by atoms with van der Waals surface area (Å²) in [5.41, 5.74) is 1.12. The minimum absolute atomic E-state index is 0. The summed E-state index contributed by atoms with van der Waals surface area (Å²) >= 11 is 7.14. The SMILES string of the molecule is Cl.O=C(CC1SC(=Nc2ccc(F)c(Cl)c2)N(CCN2CCOCC2)C1=O)Nc1ccccc1. The van der Waals surface area contributed by atoms with Crippen LogP contribution in [0.25, 0.3) is 0 Å². The molecule has 0 aromatic heterocycles. The number of carbonyl (C=O) groups is 2. The first-order valence-corrected chi connectivity index (χ1v) is 11.9. The molecule has 1 N–H and O–H groups in total. The number of nitrogens with zero attached hydrogens (tertiary/aromatic N) is 3. The van der Waals surface area contributed by atoms with E-state index >= 15 is 0 Å². The van der Waals surface area contributed by atoms with E-state index in [-0.39, 0.29) is 35.7 Å². The molecular formula is C23H25Cl2FN4O3S. The van der Waals surface area contributed by atoms with Crippen LogP contribution in [0.1, 0.15) is 6.42 Å². The van der Waals surface area contributed by atoms with Gasteiger partial charge in [-0.25, -0.2) is 9.38 Å². The summed E-state index contributed by atoms with van der Waals surface area (Å²) in [6, 6.07) is 13.3. The Morgan fingerprint density at radius 2 is 1.91 bits per heavy atom. The van der Waals surface area contributed by atoms with Gasteiger partial charge in [-0.1, -0.05) is 41.6 Å². The maximum Gasteiger partial charge on any atom is 0.242 e. The second-order valence-corrected chi connectivity index (χ2v) is 9.24. The predicted octanol–water partition coefficient (Wildman–Crippen LogP) is 4.19. The number of nitrogens with one attached hydrogen (secondary N) is 1. The lowest BCUT2D eigenvalue weighted by molar-refractivity contribution is -0.128. The Labute approximate surface area is 213 Å². The third kappa shape index (κ3) is 6.93. The number of anilines is 1. The molecule has 0 aliphatic carbocycles. The van der Waals surface area contributed by atoms with Crippen molar-refractivity contribution in [2.75, 3.05) is 44.7 Å². The Balaban J connectivity index is 0.00000324. The molecule has 1 unspecified atom stereocenters. The second-order valence-electron chi connectivity index (χ2n) is 7.66. The number of benzene rings is 2. The highest BCUT2D eigenvalue weighted by Crippen LogP contribution is 2.32. The quantitative estimate of drug-likeness (QED) is 0.585. The van der Waals surface area contributed by atoms with E-state index in [0.29, 0.717) is 42.8 Å². The van der Waals surface area contributed by atoms with E-state index in [4.69, 9.17) is 16.3 Å². The molecule has 182 valence electrons. The van der Waals surface area contributed by atoms with Gasteiger partial charge in [-0.05, 0) is 30.3 Å². The van der Waals surface area contributed by atoms with Gasteiger partial charge < -0.3 is 10.1 Å². The van der Waals surface area contributed by atoms with Gasteiger partial charge in [-0.2, -0.15) is 0 Å². The van der Waals surface area contributed by atoms with Crippen molar-refractivity contribution in [3.05, 3.63) is 59.4 Å². The van der Waals surface area contributed by atoms with E-state index < -0.39 is 11.1 Å². The van der Waals surface area contributed by atoms with Crippen molar-refractivity contribution < 1.29 is 18.7 Å². The average molecular weight is 527 g/mol. The molecule has 2 saturated heterocycles. The van der Waals surface area contributed by atoms with Gasteiger partial charge in [0.05, 0.1) is 23.9 Å². The monoisotopic (exact) mass is 526 g/mol. The summed E-state index contributed by atoms with van der Waals surface area (Å²) in [5.74, 6) is -0.940. The Morgan fingerprint density at radius 3 is 2.62 bits per heavy atom. The minimum Gasteiger partial charge on any atom is -0.379 e. The van der Waals surface area contributed by atoms with Crippen LogP contribution in [0.5, 0.6) is 0 Å². The molecule has 7 nitrogen and oxygen atoms in total. The molecule has 2 fully saturated rings. The summed E-state index contributed by atoms with van der Waals surface area (Å²) in [6.45, 7) is 4.05. The van der Waals surface area contributed by atoms with Crippen LogP contribution in [0.2, 0.25) is 5.02 Å². The fraction of sp³-hybridized carbons (Fsp3) is 0.348. The molecule has 0 spiro atoms. The van der Waals surface area contributed by atoms with Gasteiger partial charge in [-0.3, -0.25) is 19.4 Å². The molecule has 2 heterocycles. The van der Waals surface area contributed by atoms with Crippen LogP contribution >= 0.6 is 35.8 Å². The number of para-hydroxylation sites is 1. The van der Waals surface area contributed by atoms with Crippen LogP contribution < -0.4 is 5.32 Å². The van der Waals surface area contributed by atoms with Crippen molar-refractivity contribution in [1.29, 1.82) is 0 Å². The minimum atomic E-state index is -0.590. The lowest BCUT2D eigenvalue weighted by atomic mass is 10.2. The zero-order valence-electron chi connectivity index (χ0n) is 18.3. The van der Waals surface area contributed by atoms with E-state index in [1.165, 1.54) is 30.0 Å². The van der Waals surface area contributed by atoms with Crippen molar-refractivity contribution in [1.82, 2.24) is 9.80 Å². The van der Waals surface area contributed by atoms with Crippen molar-refractivity contribution >= 4 is 64.1 Å². The molecule has 11 heteroatoms. The number of thioether (sulfide) groups is 1. The average Bonchev–Trinajstić information content (AvgIpc) is 3.10. The molecule has 0 radical (unpaired) electrons. The highest BCUT2D eigenvalue weighted by Gasteiger charge is 2.39. The number of rotatable bonds is 7. The Hall–Kier alpha value is -2.17. The van der Waals surface area contributed by atoms with Gasteiger partial charge in [0.1, 0.15) is 11.1 Å². The molecule has 2 aliphatic heterocycles. The molecule has 2 aromatic rings. The summed E-state index contributed by atoms with van der Waals surface area (Å²) in [4.78, 5) is 34.1. The summed E-state index contributed by atoms with van der Waals surface area (Å²) < 4.78 is 18.9. The topological polar surface area (TPSA) is 74.2 Å². The van der Waals surface area contributed by atoms with E-state index in [9.17, 15) is 14.0 Å². The Morgan fingerprint density at radius 1 is 1.18 bits per heavy atom. The van der Waals surface area contributed by atoms with E-state index in [1.807, 2.05) is 18.2 Å². The number of carbonyl (C=O) groups excluding carboxylic acids is 2. The van der Waals surface area contributed by atoms with Gasteiger partial charge in [0.15, 0.2) is 5.17 Å². The first kappa shape index (κ1) is 26.4. The predicted molar refractivity (Wildman–Crippen MR) is 136 cm³/mol. The normalized spacial score (nSPS) is 19.8. The zero-order valence-corrected chi connectivity index (χ0v) is 20.7. The Kier molecular flexibility index (Phi) is 9.73. The van der Waals surface area contributed by atoms with Crippen molar-refractivity contribution in [3.8, 4) is 0 Å². The largest absolute Gasteiger partial charge is 0.379 e. The van der Waals surface area contributed by atoms with Crippen LogP contribution in [0.4, 0.5) is 15.8 Å². The smallest absolute Gasteiger partial charge is 0.242 e. The van der Waals surface area contributed by atoms with Crippen molar-refractivity contribution in [2.24, 2.45) is 4.99 Å². The number of morpholine rings is 1. The fourth-order valence-corrected chi connectivity index (χ4v) is 4.92. The van der Waals surface area contributed by atoms with Crippen LogP contribution in [0.15, 0.2) is 53.5 Å². The van der Waals surface area contributed by atoms with Crippen molar-refractivity contribution in [3.63, 3.8) is 0 Å². The van der Waals surface area contributed by atoms with Crippen molar-refractivity contribution in [2.45, 2.75) is 11.7 Å². The first-order valence-electron chi connectivity index (χ1n) is 10.7.